The molecule has 0 saturated carbocycles. The highest BCUT2D eigenvalue weighted by atomic mass is 35.5. The number of nitrogens with zero attached hydrogens (tertiary/aromatic N) is 2. The lowest BCUT2D eigenvalue weighted by Gasteiger charge is -2.12. The van der Waals surface area contributed by atoms with Crippen LogP contribution in [0.15, 0.2) is 6.07 Å². The van der Waals surface area contributed by atoms with Gasteiger partial charge in [0.25, 0.3) is 5.24 Å². The fourth-order valence-corrected chi connectivity index (χ4v) is 1.37. The molecule has 1 heterocycles. The quantitative estimate of drug-likeness (QED) is 0.368. The summed E-state index contributed by atoms with van der Waals surface area (Å²) >= 11 is 4.89. The number of ether oxygens (including phenoxy) is 1. The molecule has 0 fully saturated rings. The highest BCUT2D eigenvalue weighted by Gasteiger charge is 2.38. The molecule has 12 heteroatoms. The first-order valence-corrected chi connectivity index (χ1v) is 4.83. The first-order valence-electron chi connectivity index (χ1n) is 4.46. The summed E-state index contributed by atoms with van der Waals surface area (Å²) in [5, 5.41) is 8.70. The largest absolute Gasteiger partial charge is 0.573 e. The Morgan fingerprint density at radius 3 is 2.35 bits per heavy atom. The number of halogens is 6. The summed E-state index contributed by atoms with van der Waals surface area (Å²) in [7, 11) is 0. The average Bonchev–Trinajstić information content (AvgIpc) is 2.24. The number of carbonyl (C=O) groups excluding carboxylic acids is 1. The maximum absolute atomic E-state index is 12.6. The van der Waals surface area contributed by atoms with Gasteiger partial charge in [-0.25, -0.2) is 8.78 Å². The SMILES string of the molecule is O=C(Cl)c1c(OC(F)(F)F)cc([N+](=O)[O-])nc1C(F)F. The van der Waals surface area contributed by atoms with Crippen LogP contribution in [0, 0.1) is 10.1 Å². The van der Waals surface area contributed by atoms with E-state index in [4.69, 9.17) is 11.6 Å². The summed E-state index contributed by atoms with van der Waals surface area (Å²) in [4.78, 5) is 22.8. The maximum Gasteiger partial charge on any atom is 0.573 e. The molecule has 0 atom stereocenters. The number of hydrogen-bond acceptors (Lipinski definition) is 5. The van der Waals surface area contributed by atoms with Gasteiger partial charge in [0, 0.05) is 0 Å². The molecular formula is C8H2ClF5N2O4. The Balaban J connectivity index is 3.59. The van der Waals surface area contributed by atoms with Gasteiger partial charge in [0.15, 0.2) is 5.75 Å². The van der Waals surface area contributed by atoms with Crippen molar-refractivity contribution in [2.45, 2.75) is 12.8 Å². The Bertz CT molecular complexity index is 563. The highest BCUT2D eigenvalue weighted by molar-refractivity contribution is 6.68. The van der Waals surface area contributed by atoms with Gasteiger partial charge in [-0.15, -0.1) is 13.2 Å². The zero-order valence-corrected chi connectivity index (χ0v) is 9.71. The predicted octanol–water partition coefficient (Wildman–Crippen LogP) is 3.21. The van der Waals surface area contributed by atoms with Crippen LogP contribution in [-0.2, 0) is 0 Å². The molecule has 0 aromatic carbocycles. The number of nitro groups is 1. The second-order valence-corrected chi connectivity index (χ2v) is 3.46. The summed E-state index contributed by atoms with van der Waals surface area (Å²) in [5.74, 6) is -2.87. The molecular weight excluding hydrogens is 319 g/mol. The van der Waals surface area contributed by atoms with Gasteiger partial charge in [-0.3, -0.25) is 4.79 Å². The van der Waals surface area contributed by atoms with Crippen LogP contribution < -0.4 is 4.74 Å². The molecule has 0 N–H and O–H groups in total. The van der Waals surface area contributed by atoms with Crippen LogP contribution in [0.25, 0.3) is 0 Å². The minimum atomic E-state index is -5.37. The average molecular weight is 321 g/mol. The lowest BCUT2D eigenvalue weighted by Crippen LogP contribution is -2.20. The van der Waals surface area contributed by atoms with E-state index in [0.717, 1.165) is 0 Å². The van der Waals surface area contributed by atoms with Crippen LogP contribution in [0.1, 0.15) is 22.5 Å². The molecule has 0 aliphatic rings. The number of alkyl halides is 5. The summed E-state index contributed by atoms with van der Waals surface area (Å²) in [6.07, 6.45) is -8.93. The lowest BCUT2D eigenvalue weighted by molar-refractivity contribution is -0.390. The van der Waals surface area contributed by atoms with Gasteiger partial charge < -0.3 is 14.9 Å². The third-order valence-corrected chi connectivity index (χ3v) is 2.00. The first-order chi connectivity index (χ1) is 9.03. The van der Waals surface area contributed by atoms with Gasteiger partial charge in [-0.1, -0.05) is 0 Å². The smallest absolute Gasteiger partial charge is 0.404 e. The monoisotopic (exact) mass is 320 g/mol. The molecule has 1 aromatic rings. The molecule has 110 valence electrons. The predicted molar refractivity (Wildman–Crippen MR) is 52.7 cm³/mol. The van der Waals surface area contributed by atoms with Crippen LogP contribution in [0.3, 0.4) is 0 Å². The standard InChI is InChI=1S/C8H2ClF5N2O4/c9-6(17)4-2(20-8(12,13)14)1-3(16(18)19)15-5(4)7(10)11/h1,7H. The van der Waals surface area contributed by atoms with E-state index in [1.54, 1.807) is 0 Å². The number of carbonyl (C=O) groups is 1. The molecule has 0 aliphatic heterocycles. The molecule has 1 aromatic heterocycles. The third kappa shape index (κ3) is 3.73. The zero-order chi connectivity index (χ0) is 15.7. The summed E-state index contributed by atoms with van der Waals surface area (Å²) in [6, 6.07) is 0.0784. The van der Waals surface area contributed by atoms with Gasteiger partial charge in [-0.2, -0.15) is 0 Å². The van der Waals surface area contributed by atoms with Gasteiger partial charge in [0.1, 0.15) is 5.56 Å². The van der Waals surface area contributed by atoms with E-state index < -0.39 is 45.8 Å². The van der Waals surface area contributed by atoms with E-state index in [9.17, 15) is 36.9 Å². The molecule has 0 saturated heterocycles. The Kier molecular flexibility index (Phi) is 4.43. The van der Waals surface area contributed by atoms with Crippen LogP contribution in [-0.4, -0.2) is 21.5 Å². The van der Waals surface area contributed by atoms with Crippen molar-refractivity contribution in [2.24, 2.45) is 0 Å². The van der Waals surface area contributed by atoms with Crippen molar-refractivity contribution in [3.05, 3.63) is 27.4 Å². The topological polar surface area (TPSA) is 82.3 Å². The minimum Gasteiger partial charge on any atom is -0.404 e. The fraction of sp³-hybridized carbons (Fsp3) is 0.250. The van der Waals surface area contributed by atoms with E-state index in [0.29, 0.717) is 0 Å². The Labute approximate surface area is 111 Å². The summed E-state index contributed by atoms with van der Waals surface area (Å²) in [6.45, 7) is 0. The fourth-order valence-electron chi connectivity index (χ4n) is 1.18. The van der Waals surface area contributed by atoms with E-state index in [-0.39, 0.29) is 6.07 Å². The molecule has 6 nitrogen and oxygen atoms in total. The van der Waals surface area contributed by atoms with E-state index in [1.165, 1.54) is 0 Å². The van der Waals surface area contributed by atoms with Crippen LogP contribution in [0.4, 0.5) is 27.8 Å². The van der Waals surface area contributed by atoms with Crippen LogP contribution in [0.2, 0.25) is 0 Å². The lowest BCUT2D eigenvalue weighted by atomic mass is 10.2. The third-order valence-electron chi connectivity index (χ3n) is 1.81. The maximum atomic E-state index is 12.6. The van der Waals surface area contributed by atoms with Crippen molar-refractivity contribution in [1.29, 1.82) is 0 Å². The van der Waals surface area contributed by atoms with Crippen molar-refractivity contribution in [3.63, 3.8) is 0 Å². The van der Waals surface area contributed by atoms with Crippen molar-refractivity contribution < 1.29 is 36.4 Å². The van der Waals surface area contributed by atoms with Crippen molar-refractivity contribution in [1.82, 2.24) is 4.98 Å². The van der Waals surface area contributed by atoms with Crippen LogP contribution in [0.5, 0.6) is 5.75 Å². The van der Waals surface area contributed by atoms with Gasteiger partial charge >= 0.3 is 18.6 Å². The van der Waals surface area contributed by atoms with Gasteiger partial charge in [0.2, 0.25) is 5.69 Å². The number of hydrogen-bond donors (Lipinski definition) is 0. The van der Waals surface area contributed by atoms with Crippen molar-refractivity contribution in [2.75, 3.05) is 0 Å². The summed E-state index contributed by atoms with van der Waals surface area (Å²) < 4.78 is 64.8. The van der Waals surface area contributed by atoms with Crippen molar-refractivity contribution >= 4 is 22.7 Å². The summed E-state index contributed by atoms with van der Waals surface area (Å²) in [5.41, 5.74) is -2.96. The number of aromatic nitrogens is 1. The molecule has 0 aliphatic carbocycles. The Morgan fingerprint density at radius 1 is 1.45 bits per heavy atom. The number of rotatable bonds is 4. The second kappa shape index (κ2) is 5.53. The Hall–Kier alpha value is -2.04. The normalized spacial score (nSPS) is 11.6. The molecule has 0 bridgehead atoms. The number of pyridine rings is 1. The molecule has 0 spiro atoms. The molecule has 1 rings (SSSR count). The van der Waals surface area contributed by atoms with E-state index in [1.807, 2.05) is 0 Å². The highest BCUT2D eigenvalue weighted by Crippen LogP contribution is 2.35. The zero-order valence-electron chi connectivity index (χ0n) is 8.95. The van der Waals surface area contributed by atoms with E-state index >= 15 is 0 Å². The van der Waals surface area contributed by atoms with Gasteiger partial charge in [-0.05, 0) is 21.5 Å². The van der Waals surface area contributed by atoms with E-state index in [2.05, 4.69) is 9.72 Å². The Morgan fingerprint density at radius 2 is 2.00 bits per heavy atom. The second-order valence-electron chi connectivity index (χ2n) is 3.12. The molecule has 20 heavy (non-hydrogen) atoms. The van der Waals surface area contributed by atoms with Crippen molar-refractivity contribution in [3.8, 4) is 5.75 Å². The molecule has 0 radical (unpaired) electrons. The molecule has 0 amide bonds. The molecule has 0 unspecified atom stereocenters. The first kappa shape index (κ1) is 16.0. The minimum absolute atomic E-state index is 0.0784. The van der Waals surface area contributed by atoms with Gasteiger partial charge in [0.05, 0.1) is 6.07 Å². The van der Waals surface area contributed by atoms with Crippen LogP contribution >= 0.6 is 11.6 Å².